The number of carbonyl (C=O) groups is 2. The van der Waals surface area contributed by atoms with Gasteiger partial charge in [0.25, 0.3) is 5.91 Å². The van der Waals surface area contributed by atoms with Crippen molar-refractivity contribution in [3.63, 3.8) is 0 Å². The number of carboxylic acids is 1. The van der Waals surface area contributed by atoms with Gasteiger partial charge in [-0.1, -0.05) is 18.2 Å². The highest BCUT2D eigenvalue weighted by atomic mass is 16.5. The fourth-order valence-electron chi connectivity index (χ4n) is 1.88. The Morgan fingerprint density at radius 1 is 1.30 bits per heavy atom. The summed E-state index contributed by atoms with van der Waals surface area (Å²) in [6, 6.07) is 4.90. The number of aliphatic carboxylic acids is 1. The Kier molecular flexibility index (Phi) is 7.12. The molecule has 0 heterocycles. The zero-order valence-electron chi connectivity index (χ0n) is 13.8. The van der Waals surface area contributed by atoms with Crippen molar-refractivity contribution < 1.29 is 24.2 Å². The molecular weight excluding hydrogens is 298 g/mol. The van der Waals surface area contributed by atoms with E-state index in [1.807, 2.05) is 31.2 Å². The van der Waals surface area contributed by atoms with E-state index in [-0.39, 0.29) is 12.5 Å². The van der Waals surface area contributed by atoms with Crippen LogP contribution in [0.3, 0.4) is 0 Å². The number of amides is 1. The zero-order valence-corrected chi connectivity index (χ0v) is 13.8. The minimum Gasteiger partial charge on any atom is -0.493 e. The van der Waals surface area contributed by atoms with Crippen molar-refractivity contribution in [3.05, 3.63) is 29.8 Å². The van der Waals surface area contributed by atoms with Crippen LogP contribution in [0.4, 0.5) is 0 Å². The highest BCUT2D eigenvalue weighted by Gasteiger charge is 2.21. The van der Waals surface area contributed by atoms with Crippen LogP contribution < -0.4 is 14.8 Å². The van der Waals surface area contributed by atoms with Gasteiger partial charge in [0, 0.05) is 6.04 Å². The molecule has 0 aromatic heterocycles. The maximum Gasteiger partial charge on any atom is 0.308 e. The monoisotopic (exact) mass is 321 g/mol. The molecule has 0 spiro atoms. The van der Waals surface area contributed by atoms with Crippen molar-refractivity contribution in [2.45, 2.75) is 26.8 Å². The molecule has 126 valence electrons. The second-order valence-corrected chi connectivity index (χ2v) is 5.18. The van der Waals surface area contributed by atoms with E-state index in [9.17, 15) is 9.59 Å². The summed E-state index contributed by atoms with van der Waals surface area (Å²) in [4.78, 5) is 22.7. The largest absolute Gasteiger partial charge is 0.493 e. The normalized spacial score (nSPS) is 13.4. The lowest BCUT2D eigenvalue weighted by atomic mass is 10.0. The van der Waals surface area contributed by atoms with E-state index in [1.54, 1.807) is 13.0 Å². The average molecular weight is 321 g/mol. The lowest BCUT2D eigenvalue weighted by molar-refractivity contribution is -0.142. The molecule has 0 saturated heterocycles. The third-order valence-corrected chi connectivity index (χ3v) is 3.43. The van der Waals surface area contributed by atoms with Gasteiger partial charge in [-0.05, 0) is 38.5 Å². The molecule has 0 aliphatic rings. The Labute approximate surface area is 136 Å². The van der Waals surface area contributed by atoms with Gasteiger partial charge < -0.3 is 19.9 Å². The van der Waals surface area contributed by atoms with E-state index in [4.69, 9.17) is 14.6 Å². The Balaban J connectivity index is 2.64. The Morgan fingerprint density at radius 3 is 2.57 bits per heavy atom. The summed E-state index contributed by atoms with van der Waals surface area (Å²) in [7, 11) is 1.53. The highest BCUT2D eigenvalue weighted by molar-refractivity contribution is 5.79. The smallest absolute Gasteiger partial charge is 0.308 e. The molecule has 2 atom stereocenters. The number of hydrogen-bond acceptors (Lipinski definition) is 4. The van der Waals surface area contributed by atoms with Crippen LogP contribution in [0, 0.1) is 5.92 Å². The molecule has 1 aromatic carbocycles. The number of methoxy groups -OCH3 is 1. The number of ether oxygens (including phenoxy) is 2. The van der Waals surface area contributed by atoms with Crippen molar-refractivity contribution >= 4 is 18.0 Å². The number of hydrogen-bond donors (Lipinski definition) is 2. The average Bonchev–Trinajstić information content (AvgIpc) is 2.52. The van der Waals surface area contributed by atoms with E-state index in [0.29, 0.717) is 11.5 Å². The van der Waals surface area contributed by atoms with Gasteiger partial charge in [0.1, 0.15) is 0 Å². The van der Waals surface area contributed by atoms with Gasteiger partial charge in [-0.25, -0.2) is 0 Å². The first kappa shape index (κ1) is 18.5. The van der Waals surface area contributed by atoms with Crippen LogP contribution in [0.15, 0.2) is 24.3 Å². The maximum absolute atomic E-state index is 11.8. The summed E-state index contributed by atoms with van der Waals surface area (Å²) in [6.07, 6.45) is 3.84. The first-order chi connectivity index (χ1) is 10.9. The lowest BCUT2D eigenvalue weighted by Gasteiger charge is -2.18. The summed E-state index contributed by atoms with van der Waals surface area (Å²) in [5.74, 6) is -1.03. The molecule has 1 aromatic rings. The Morgan fingerprint density at radius 2 is 2.00 bits per heavy atom. The number of benzene rings is 1. The lowest BCUT2D eigenvalue weighted by Crippen LogP contribution is -2.42. The molecule has 6 nitrogen and oxygen atoms in total. The van der Waals surface area contributed by atoms with Crippen LogP contribution in [0.2, 0.25) is 0 Å². The predicted molar refractivity (Wildman–Crippen MR) is 87.6 cm³/mol. The second-order valence-electron chi connectivity index (χ2n) is 5.18. The van der Waals surface area contributed by atoms with Crippen molar-refractivity contribution in [1.29, 1.82) is 0 Å². The minimum absolute atomic E-state index is 0.212. The maximum atomic E-state index is 11.8. The molecule has 23 heavy (non-hydrogen) atoms. The molecule has 1 amide bonds. The van der Waals surface area contributed by atoms with Crippen LogP contribution in [0.5, 0.6) is 11.5 Å². The standard InChI is InChI=1S/C17H23NO5/c1-5-6-13-7-8-14(15(9-13)22-4)23-10-16(19)18-12(3)11(2)17(20)21/h5-9,11-12H,10H2,1-4H3,(H,18,19)(H,20,21)/b6-5+. The summed E-state index contributed by atoms with van der Waals surface area (Å²) in [5, 5.41) is 11.5. The van der Waals surface area contributed by atoms with E-state index < -0.39 is 17.9 Å². The summed E-state index contributed by atoms with van der Waals surface area (Å²) >= 11 is 0. The van der Waals surface area contributed by atoms with Gasteiger partial charge >= 0.3 is 5.97 Å². The quantitative estimate of drug-likeness (QED) is 0.767. The van der Waals surface area contributed by atoms with Crippen molar-refractivity contribution in [2.75, 3.05) is 13.7 Å². The SMILES string of the molecule is C/C=C/c1ccc(OCC(=O)NC(C)C(C)C(=O)O)c(OC)c1. The minimum atomic E-state index is -0.958. The molecule has 2 N–H and O–H groups in total. The van der Waals surface area contributed by atoms with Gasteiger partial charge in [0.2, 0.25) is 0 Å². The molecule has 0 fully saturated rings. The molecule has 0 aliphatic heterocycles. The van der Waals surface area contributed by atoms with E-state index in [2.05, 4.69) is 5.32 Å². The topological polar surface area (TPSA) is 84.9 Å². The first-order valence-electron chi connectivity index (χ1n) is 7.34. The fraction of sp³-hybridized carbons (Fsp3) is 0.412. The third kappa shape index (κ3) is 5.65. The summed E-state index contributed by atoms with van der Waals surface area (Å²) in [6.45, 7) is 4.89. The number of nitrogens with one attached hydrogen (secondary N) is 1. The van der Waals surface area contributed by atoms with Gasteiger partial charge in [-0.3, -0.25) is 9.59 Å². The van der Waals surface area contributed by atoms with Crippen molar-refractivity contribution in [1.82, 2.24) is 5.32 Å². The van der Waals surface area contributed by atoms with Crippen molar-refractivity contribution in [2.24, 2.45) is 5.92 Å². The Hall–Kier alpha value is -2.50. The third-order valence-electron chi connectivity index (χ3n) is 3.43. The Bertz CT molecular complexity index is 582. The number of rotatable bonds is 8. The molecular formula is C17H23NO5. The van der Waals surface area contributed by atoms with Gasteiger partial charge in [-0.15, -0.1) is 0 Å². The number of allylic oxidation sites excluding steroid dienone is 1. The summed E-state index contributed by atoms with van der Waals surface area (Å²) in [5.41, 5.74) is 0.963. The van der Waals surface area contributed by atoms with Crippen LogP contribution >= 0.6 is 0 Å². The molecule has 1 rings (SSSR count). The zero-order chi connectivity index (χ0) is 17.4. The molecule has 0 bridgehead atoms. The summed E-state index contributed by atoms with van der Waals surface area (Å²) < 4.78 is 10.7. The van der Waals surface area contributed by atoms with Crippen LogP contribution in [-0.4, -0.2) is 36.7 Å². The van der Waals surface area contributed by atoms with Gasteiger partial charge in [0.15, 0.2) is 18.1 Å². The van der Waals surface area contributed by atoms with Gasteiger partial charge in [0.05, 0.1) is 13.0 Å². The predicted octanol–water partition coefficient (Wildman–Crippen LogP) is 2.33. The van der Waals surface area contributed by atoms with E-state index in [1.165, 1.54) is 14.0 Å². The van der Waals surface area contributed by atoms with Crippen LogP contribution in [0.1, 0.15) is 26.3 Å². The van der Waals surface area contributed by atoms with Crippen LogP contribution in [-0.2, 0) is 9.59 Å². The second kappa shape index (κ2) is 8.82. The molecule has 6 heteroatoms. The molecule has 0 radical (unpaired) electrons. The fourth-order valence-corrected chi connectivity index (χ4v) is 1.88. The first-order valence-corrected chi connectivity index (χ1v) is 7.34. The number of carboxylic acid groups (broad SMARTS) is 1. The van der Waals surface area contributed by atoms with Gasteiger partial charge in [-0.2, -0.15) is 0 Å². The van der Waals surface area contributed by atoms with E-state index >= 15 is 0 Å². The highest BCUT2D eigenvalue weighted by Crippen LogP contribution is 2.28. The van der Waals surface area contributed by atoms with Crippen molar-refractivity contribution in [3.8, 4) is 11.5 Å². The molecule has 0 saturated carbocycles. The number of carbonyl (C=O) groups excluding carboxylic acids is 1. The van der Waals surface area contributed by atoms with E-state index in [0.717, 1.165) is 5.56 Å². The molecule has 2 unspecified atom stereocenters. The molecule has 0 aliphatic carbocycles. The van der Waals surface area contributed by atoms with Crippen LogP contribution in [0.25, 0.3) is 6.08 Å².